The number of nitrogens with one attached hydrogen (secondary N) is 1. The van der Waals surface area contributed by atoms with Crippen molar-refractivity contribution in [2.75, 3.05) is 33.3 Å². The molecule has 128 valence electrons. The average Bonchev–Trinajstić information content (AvgIpc) is 2.60. The maximum absolute atomic E-state index is 12.3. The molecule has 1 aliphatic rings. The average molecular weight is 318 g/mol. The van der Waals surface area contributed by atoms with E-state index in [0.29, 0.717) is 24.9 Å². The van der Waals surface area contributed by atoms with Crippen LogP contribution in [0.25, 0.3) is 0 Å². The zero-order valence-electron chi connectivity index (χ0n) is 14.5. The Labute approximate surface area is 140 Å². The van der Waals surface area contributed by atoms with Gasteiger partial charge in [-0.1, -0.05) is 25.1 Å². The lowest BCUT2D eigenvalue weighted by atomic mass is 9.85. The van der Waals surface area contributed by atoms with Crippen LogP contribution in [0, 0.1) is 11.8 Å². The van der Waals surface area contributed by atoms with Crippen LogP contribution in [0.1, 0.15) is 32.6 Å². The Bertz CT molecular complexity index is 458. The van der Waals surface area contributed by atoms with E-state index in [4.69, 9.17) is 4.74 Å². The zero-order chi connectivity index (χ0) is 16.5. The van der Waals surface area contributed by atoms with Gasteiger partial charge in [-0.25, -0.2) is 0 Å². The minimum atomic E-state index is 0.253. The number of carbonyl (C=O) groups is 1. The molecule has 1 fully saturated rings. The quantitative estimate of drug-likeness (QED) is 0.749. The van der Waals surface area contributed by atoms with Crippen molar-refractivity contribution in [2.45, 2.75) is 32.6 Å². The largest absolute Gasteiger partial charge is 0.494 e. The number of nitrogens with zero attached hydrogens (tertiary/aromatic N) is 1. The van der Waals surface area contributed by atoms with Crippen LogP contribution >= 0.6 is 0 Å². The molecule has 0 saturated carbocycles. The normalized spacial score (nSPS) is 19.1. The van der Waals surface area contributed by atoms with E-state index in [-0.39, 0.29) is 5.91 Å². The zero-order valence-corrected chi connectivity index (χ0v) is 14.5. The molecule has 1 aromatic rings. The summed E-state index contributed by atoms with van der Waals surface area (Å²) in [5.41, 5.74) is 0. The van der Waals surface area contributed by atoms with Crippen molar-refractivity contribution < 1.29 is 9.53 Å². The summed E-state index contributed by atoms with van der Waals surface area (Å²) < 4.78 is 5.67. The maximum atomic E-state index is 12.3. The molecular weight excluding hydrogens is 288 g/mol. The van der Waals surface area contributed by atoms with Crippen LogP contribution in [0.15, 0.2) is 30.3 Å². The molecule has 1 N–H and O–H groups in total. The second-order valence-corrected chi connectivity index (χ2v) is 6.62. The number of hydrogen-bond donors (Lipinski definition) is 1. The molecule has 2 atom stereocenters. The molecule has 4 nitrogen and oxygen atoms in total. The summed E-state index contributed by atoms with van der Waals surface area (Å²) in [5, 5.41) is 3.43. The highest BCUT2D eigenvalue weighted by atomic mass is 16.5. The summed E-state index contributed by atoms with van der Waals surface area (Å²) in [6.45, 7) is 5.79. The predicted octanol–water partition coefficient (Wildman–Crippen LogP) is 2.94. The molecule has 0 aromatic heterocycles. The molecule has 1 heterocycles. The molecule has 0 aliphatic carbocycles. The number of benzene rings is 1. The molecule has 1 amide bonds. The third-order valence-electron chi connectivity index (χ3n) is 4.71. The van der Waals surface area contributed by atoms with Gasteiger partial charge >= 0.3 is 0 Å². The van der Waals surface area contributed by atoms with Crippen molar-refractivity contribution in [1.82, 2.24) is 10.2 Å². The Kier molecular flexibility index (Phi) is 7.40. The highest BCUT2D eigenvalue weighted by Crippen LogP contribution is 2.23. The van der Waals surface area contributed by atoms with E-state index in [9.17, 15) is 4.79 Å². The van der Waals surface area contributed by atoms with E-state index >= 15 is 0 Å². The van der Waals surface area contributed by atoms with Crippen molar-refractivity contribution in [3.05, 3.63) is 30.3 Å². The van der Waals surface area contributed by atoms with Crippen LogP contribution in [0.4, 0.5) is 0 Å². The van der Waals surface area contributed by atoms with Crippen LogP contribution in [0.2, 0.25) is 0 Å². The molecule has 0 bridgehead atoms. The van der Waals surface area contributed by atoms with Crippen molar-refractivity contribution in [3.8, 4) is 5.75 Å². The van der Waals surface area contributed by atoms with Crippen molar-refractivity contribution in [1.29, 1.82) is 0 Å². The number of carbonyl (C=O) groups excluding carboxylic acids is 1. The van der Waals surface area contributed by atoms with E-state index < -0.39 is 0 Å². The Balaban J connectivity index is 1.62. The fraction of sp³-hybridized carbons (Fsp3) is 0.632. The number of para-hydroxylation sites is 1. The summed E-state index contributed by atoms with van der Waals surface area (Å²) in [4.78, 5) is 14.2. The first-order valence-electron chi connectivity index (χ1n) is 8.79. The minimum Gasteiger partial charge on any atom is -0.494 e. The van der Waals surface area contributed by atoms with Crippen molar-refractivity contribution in [2.24, 2.45) is 11.8 Å². The van der Waals surface area contributed by atoms with Gasteiger partial charge in [0.05, 0.1) is 6.61 Å². The van der Waals surface area contributed by atoms with Gasteiger partial charge in [-0.05, 0) is 56.3 Å². The van der Waals surface area contributed by atoms with Gasteiger partial charge in [0.1, 0.15) is 5.75 Å². The number of amides is 1. The summed E-state index contributed by atoms with van der Waals surface area (Å²) >= 11 is 0. The van der Waals surface area contributed by atoms with Gasteiger partial charge in [0, 0.05) is 20.0 Å². The van der Waals surface area contributed by atoms with Gasteiger partial charge in [0.2, 0.25) is 5.91 Å². The number of piperidine rings is 1. The summed E-state index contributed by atoms with van der Waals surface area (Å²) in [6, 6.07) is 9.81. The van der Waals surface area contributed by atoms with E-state index in [1.165, 1.54) is 12.8 Å². The Hall–Kier alpha value is -1.55. The second-order valence-electron chi connectivity index (χ2n) is 6.62. The first-order chi connectivity index (χ1) is 11.2. The van der Waals surface area contributed by atoms with Crippen LogP contribution in [0.3, 0.4) is 0 Å². The molecule has 23 heavy (non-hydrogen) atoms. The first kappa shape index (κ1) is 17.8. The third-order valence-corrected chi connectivity index (χ3v) is 4.71. The highest BCUT2D eigenvalue weighted by molar-refractivity contribution is 5.76. The van der Waals surface area contributed by atoms with Crippen LogP contribution in [0.5, 0.6) is 5.75 Å². The lowest BCUT2D eigenvalue weighted by molar-refractivity contribution is -0.131. The van der Waals surface area contributed by atoms with Gasteiger partial charge in [-0.3, -0.25) is 4.79 Å². The van der Waals surface area contributed by atoms with Gasteiger partial charge in [-0.15, -0.1) is 0 Å². The molecular formula is C19H30N2O2. The SMILES string of the molecule is CC(CC(=O)N(C)CCCOc1ccccc1)C1CCCNC1. The summed E-state index contributed by atoms with van der Waals surface area (Å²) in [5.74, 6) is 2.24. The first-order valence-corrected chi connectivity index (χ1v) is 8.79. The fourth-order valence-electron chi connectivity index (χ4n) is 3.10. The van der Waals surface area contributed by atoms with Crippen molar-refractivity contribution in [3.63, 3.8) is 0 Å². The molecule has 1 saturated heterocycles. The molecule has 2 rings (SSSR count). The predicted molar refractivity (Wildman–Crippen MR) is 93.6 cm³/mol. The van der Waals surface area contributed by atoms with Gasteiger partial charge < -0.3 is 15.0 Å². The standard InChI is InChI=1S/C19H30N2O2/c1-16(17-8-6-11-20-15-17)14-19(22)21(2)12-7-13-23-18-9-4-3-5-10-18/h3-5,9-10,16-17,20H,6-8,11-15H2,1-2H3. The molecule has 1 aromatic carbocycles. The topological polar surface area (TPSA) is 41.6 Å². The van der Waals surface area contributed by atoms with E-state index in [2.05, 4.69) is 12.2 Å². The van der Waals surface area contributed by atoms with E-state index in [1.807, 2.05) is 42.3 Å². The number of rotatable bonds is 8. The van der Waals surface area contributed by atoms with Crippen LogP contribution < -0.4 is 10.1 Å². The Morgan fingerprint density at radius 3 is 2.87 bits per heavy atom. The van der Waals surface area contributed by atoms with Gasteiger partial charge in [-0.2, -0.15) is 0 Å². The number of ether oxygens (including phenoxy) is 1. The molecule has 2 unspecified atom stereocenters. The third kappa shape index (κ3) is 6.22. The van der Waals surface area contributed by atoms with Gasteiger partial charge in [0.25, 0.3) is 0 Å². The lowest BCUT2D eigenvalue weighted by Crippen LogP contribution is -2.36. The Morgan fingerprint density at radius 1 is 1.39 bits per heavy atom. The smallest absolute Gasteiger partial charge is 0.222 e. The van der Waals surface area contributed by atoms with Crippen molar-refractivity contribution >= 4 is 5.91 Å². The minimum absolute atomic E-state index is 0.253. The second kappa shape index (κ2) is 9.56. The number of hydrogen-bond acceptors (Lipinski definition) is 3. The molecule has 0 spiro atoms. The molecule has 4 heteroatoms. The van der Waals surface area contributed by atoms with E-state index in [0.717, 1.165) is 31.8 Å². The van der Waals surface area contributed by atoms with Gasteiger partial charge in [0.15, 0.2) is 0 Å². The molecule has 1 aliphatic heterocycles. The fourth-order valence-corrected chi connectivity index (χ4v) is 3.10. The summed E-state index contributed by atoms with van der Waals surface area (Å²) in [6.07, 6.45) is 3.99. The maximum Gasteiger partial charge on any atom is 0.222 e. The highest BCUT2D eigenvalue weighted by Gasteiger charge is 2.23. The summed E-state index contributed by atoms with van der Waals surface area (Å²) in [7, 11) is 1.90. The van der Waals surface area contributed by atoms with Crippen LogP contribution in [-0.2, 0) is 4.79 Å². The monoisotopic (exact) mass is 318 g/mol. The van der Waals surface area contributed by atoms with E-state index in [1.54, 1.807) is 0 Å². The molecule has 0 radical (unpaired) electrons. The lowest BCUT2D eigenvalue weighted by Gasteiger charge is -2.29. The Morgan fingerprint density at radius 2 is 2.17 bits per heavy atom. The van der Waals surface area contributed by atoms with Crippen LogP contribution in [-0.4, -0.2) is 44.1 Å².